The summed E-state index contributed by atoms with van der Waals surface area (Å²) in [6.45, 7) is 4.32. The Labute approximate surface area is 153 Å². The van der Waals surface area contributed by atoms with Crippen LogP contribution in [0.5, 0.6) is 5.75 Å². The fraction of sp³-hybridized carbons (Fsp3) is 0.429. The molecule has 2 unspecified atom stereocenters. The summed E-state index contributed by atoms with van der Waals surface area (Å²) in [5, 5.41) is 7.20. The number of benzene rings is 2. The molecule has 2 N–H and O–H groups in total. The highest BCUT2D eigenvalue weighted by molar-refractivity contribution is 5.74. The van der Waals surface area contributed by atoms with Crippen LogP contribution in [0.2, 0.25) is 0 Å². The van der Waals surface area contributed by atoms with Crippen molar-refractivity contribution in [3.05, 3.63) is 47.3 Å². The van der Waals surface area contributed by atoms with Crippen LogP contribution in [-0.2, 0) is 6.54 Å². The number of ether oxygens (including phenoxy) is 1. The quantitative estimate of drug-likeness (QED) is 0.825. The minimum absolute atomic E-state index is 0.288. The lowest BCUT2D eigenvalue weighted by Crippen LogP contribution is -2.35. The van der Waals surface area contributed by atoms with Gasteiger partial charge in [-0.3, -0.25) is 4.90 Å². The molecule has 4 nitrogen and oxygen atoms in total. The summed E-state index contributed by atoms with van der Waals surface area (Å²) in [6, 6.07) is 10.8. The van der Waals surface area contributed by atoms with Crippen molar-refractivity contribution in [2.75, 3.05) is 32.1 Å². The standard InChI is InChI=1S/C21H24FN3O/c1-26-21-3-2-13(9-18(21)22)14-8-16-17(11-25-12-20(16)25)19(10-14)24-15-4-6-23-7-5-15/h2-3,8-10,15,20,23-24H,4-7,11-12H2,1H3. The van der Waals surface area contributed by atoms with Gasteiger partial charge >= 0.3 is 0 Å². The molecule has 0 spiro atoms. The van der Waals surface area contributed by atoms with Crippen molar-refractivity contribution >= 4 is 5.69 Å². The van der Waals surface area contributed by atoms with Crippen LogP contribution in [0.4, 0.5) is 10.1 Å². The third-order valence-corrected chi connectivity index (χ3v) is 5.90. The van der Waals surface area contributed by atoms with Gasteiger partial charge in [0.1, 0.15) is 0 Å². The highest BCUT2D eigenvalue weighted by Gasteiger charge is 2.44. The van der Waals surface area contributed by atoms with E-state index in [0.29, 0.717) is 12.1 Å². The average molecular weight is 353 g/mol. The average Bonchev–Trinajstić information content (AvgIpc) is 3.34. The van der Waals surface area contributed by atoms with Crippen LogP contribution >= 0.6 is 0 Å². The number of rotatable bonds is 4. The van der Waals surface area contributed by atoms with E-state index < -0.39 is 0 Å². The Kier molecular flexibility index (Phi) is 3.87. The number of piperidine rings is 1. The van der Waals surface area contributed by atoms with Crippen LogP contribution in [0.1, 0.15) is 30.0 Å². The lowest BCUT2D eigenvalue weighted by Gasteiger charge is -2.26. The lowest BCUT2D eigenvalue weighted by atomic mass is 9.95. The number of halogens is 1. The van der Waals surface area contributed by atoms with Crippen molar-refractivity contribution in [3.8, 4) is 16.9 Å². The summed E-state index contributed by atoms with van der Waals surface area (Å²) in [5.74, 6) is -0.0252. The zero-order valence-electron chi connectivity index (χ0n) is 15.0. The number of methoxy groups -OCH3 is 1. The van der Waals surface area contributed by atoms with Gasteiger partial charge < -0.3 is 15.4 Å². The molecule has 2 saturated heterocycles. The van der Waals surface area contributed by atoms with Crippen LogP contribution in [0.15, 0.2) is 30.3 Å². The summed E-state index contributed by atoms with van der Waals surface area (Å²) in [4.78, 5) is 2.48. The van der Waals surface area contributed by atoms with Crippen LogP contribution < -0.4 is 15.4 Å². The molecular weight excluding hydrogens is 329 g/mol. The second kappa shape index (κ2) is 6.25. The second-order valence-corrected chi connectivity index (χ2v) is 7.55. The van der Waals surface area contributed by atoms with Crippen molar-refractivity contribution in [3.63, 3.8) is 0 Å². The number of nitrogens with zero attached hydrogens (tertiary/aromatic N) is 1. The molecule has 3 aliphatic heterocycles. The van der Waals surface area contributed by atoms with Gasteiger partial charge in [-0.2, -0.15) is 0 Å². The fourth-order valence-corrected chi connectivity index (χ4v) is 4.34. The highest BCUT2D eigenvalue weighted by atomic mass is 19.1. The number of hydrogen-bond acceptors (Lipinski definition) is 4. The zero-order chi connectivity index (χ0) is 17.7. The molecule has 2 aromatic rings. The third-order valence-electron chi connectivity index (χ3n) is 5.90. The molecule has 2 fully saturated rings. The van der Waals surface area contributed by atoms with Crippen molar-refractivity contribution < 1.29 is 9.13 Å². The van der Waals surface area contributed by atoms with E-state index in [1.807, 2.05) is 6.07 Å². The van der Waals surface area contributed by atoms with E-state index in [4.69, 9.17) is 4.74 Å². The first-order valence-electron chi connectivity index (χ1n) is 9.45. The Bertz CT molecular complexity index is 847. The van der Waals surface area contributed by atoms with E-state index in [9.17, 15) is 4.39 Å². The van der Waals surface area contributed by atoms with Gasteiger partial charge in [-0.25, -0.2) is 4.39 Å². The van der Waals surface area contributed by atoms with Gasteiger partial charge in [0.25, 0.3) is 0 Å². The predicted octanol–water partition coefficient (Wildman–Crippen LogP) is 3.54. The van der Waals surface area contributed by atoms with Crippen LogP contribution in [0, 0.1) is 5.82 Å². The molecule has 3 aliphatic rings. The molecular formula is C21H24FN3O. The van der Waals surface area contributed by atoms with Gasteiger partial charge in [0.05, 0.1) is 7.11 Å². The maximum absolute atomic E-state index is 14.2. The number of nitrogens with one attached hydrogen (secondary N) is 2. The van der Waals surface area contributed by atoms with E-state index in [-0.39, 0.29) is 11.6 Å². The van der Waals surface area contributed by atoms with E-state index >= 15 is 0 Å². The zero-order valence-corrected chi connectivity index (χ0v) is 15.0. The number of hydrogen-bond donors (Lipinski definition) is 2. The molecule has 26 heavy (non-hydrogen) atoms. The molecule has 0 bridgehead atoms. The largest absolute Gasteiger partial charge is 0.494 e. The van der Waals surface area contributed by atoms with Crippen molar-refractivity contribution in [1.29, 1.82) is 0 Å². The van der Waals surface area contributed by atoms with E-state index in [1.54, 1.807) is 12.1 Å². The normalized spacial score (nSPS) is 24.1. The van der Waals surface area contributed by atoms with Gasteiger partial charge in [0, 0.05) is 30.9 Å². The van der Waals surface area contributed by atoms with Crippen molar-refractivity contribution in [2.24, 2.45) is 0 Å². The smallest absolute Gasteiger partial charge is 0.165 e. The minimum atomic E-state index is -0.314. The SMILES string of the molecule is COc1ccc(-c2cc(NC3CCNCC3)c3c(c2)C2CN2C3)cc1F. The molecule has 5 rings (SSSR count). The third kappa shape index (κ3) is 2.75. The van der Waals surface area contributed by atoms with Gasteiger partial charge in [-0.1, -0.05) is 6.07 Å². The highest BCUT2D eigenvalue weighted by Crippen LogP contribution is 2.49. The predicted molar refractivity (Wildman–Crippen MR) is 101 cm³/mol. The Balaban J connectivity index is 1.53. The Morgan fingerprint density at radius 1 is 1.15 bits per heavy atom. The Morgan fingerprint density at radius 2 is 2.00 bits per heavy atom. The fourth-order valence-electron chi connectivity index (χ4n) is 4.34. The molecule has 136 valence electrons. The Morgan fingerprint density at radius 3 is 2.77 bits per heavy atom. The van der Waals surface area contributed by atoms with Crippen LogP contribution in [0.3, 0.4) is 0 Å². The summed E-state index contributed by atoms with van der Waals surface area (Å²) in [7, 11) is 1.50. The number of anilines is 1. The summed E-state index contributed by atoms with van der Waals surface area (Å²) in [6.07, 6.45) is 2.28. The Hall–Kier alpha value is -2.11. The minimum Gasteiger partial charge on any atom is -0.494 e. The first kappa shape index (κ1) is 16.1. The molecule has 2 aromatic carbocycles. The van der Waals surface area contributed by atoms with E-state index in [1.165, 1.54) is 23.9 Å². The van der Waals surface area contributed by atoms with Crippen molar-refractivity contribution in [1.82, 2.24) is 10.2 Å². The summed E-state index contributed by atoms with van der Waals surface area (Å²) < 4.78 is 19.3. The van der Waals surface area contributed by atoms with Gasteiger partial charge in [-0.05, 0) is 72.5 Å². The van der Waals surface area contributed by atoms with Gasteiger partial charge in [0.2, 0.25) is 0 Å². The molecule has 5 heteroatoms. The van der Waals surface area contributed by atoms with Crippen LogP contribution in [-0.4, -0.2) is 37.7 Å². The molecule has 0 aromatic heterocycles. The molecule has 0 amide bonds. The molecule has 3 heterocycles. The summed E-state index contributed by atoms with van der Waals surface area (Å²) in [5.41, 5.74) is 6.05. The molecule has 0 saturated carbocycles. The van der Waals surface area contributed by atoms with Gasteiger partial charge in [-0.15, -0.1) is 0 Å². The van der Waals surface area contributed by atoms with Crippen molar-refractivity contribution in [2.45, 2.75) is 31.5 Å². The van der Waals surface area contributed by atoms with E-state index in [2.05, 4.69) is 27.7 Å². The maximum atomic E-state index is 14.2. The molecule has 2 atom stereocenters. The first-order valence-corrected chi connectivity index (χ1v) is 9.45. The first-order chi connectivity index (χ1) is 12.7. The molecule has 0 aliphatic carbocycles. The monoisotopic (exact) mass is 353 g/mol. The summed E-state index contributed by atoms with van der Waals surface area (Å²) >= 11 is 0. The number of fused-ring (bicyclic) bond motifs is 3. The molecule has 0 radical (unpaired) electrons. The van der Waals surface area contributed by atoms with Crippen LogP contribution in [0.25, 0.3) is 11.1 Å². The topological polar surface area (TPSA) is 36.3 Å². The second-order valence-electron chi connectivity index (χ2n) is 7.55. The van der Waals surface area contributed by atoms with E-state index in [0.717, 1.165) is 50.1 Å². The van der Waals surface area contributed by atoms with Gasteiger partial charge in [0.15, 0.2) is 11.6 Å². The maximum Gasteiger partial charge on any atom is 0.165 e. The lowest BCUT2D eigenvalue weighted by molar-refractivity contribution is 0.386.